The zero-order chi connectivity index (χ0) is 22.3. The van der Waals surface area contributed by atoms with Crippen molar-refractivity contribution in [3.8, 4) is 0 Å². The molecule has 1 aliphatic rings. The van der Waals surface area contributed by atoms with Crippen molar-refractivity contribution in [3.05, 3.63) is 76.8 Å². The van der Waals surface area contributed by atoms with Gasteiger partial charge in [0.05, 0.1) is 29.6 Å². The van der Waals surface area contributed by atoms with E-state index in [1.807, 2.05) is 0 Å². The van der Waals surface area contributed by atoms with Gasteiger partial charge >= 0.3 is 6.18 Å². The van der Waals surface area contributed by atoms with Gasteiger partial charge in [-0.25, -0.2) is 0 Å². The summed E-state index contributed by atoms with van der Waals surface area (Å²) >= 11 is 6.23. The van der Waals surface area contributed by atoms with Crippen LogP contribution in [0, 0.1) is 0 Å². The second-order valence-corrected chi connectivity index (χ2v) is 7.21. The van der Waals surface area contributed by atoms with Gasteiger partial charge in [0.25, 0.3) is 11.8 Å². The van der Waals surface area contributed by atoms with Crippen molar-refractivity contribution >= 4 is 34.8 Å². The molecule has 7 nitrogen and oxygen atoms in total. The minimum Gasteiger partial charge on any atom is -0.321 e. The van der Waals surface area contributed by atoms with Gasteiger partial charge in [0.15, 0.2) is 0 Å². The molecule has 0 bridgehead atoms. The standard InChI is InChI=1S/C20H15ClF3N5O2/c21-15-8-14(18(30)27-12-2-1-7-26-9-12)17-19(31)28(10-16(25)29(15)17)13-5-3-11(4-6-13)20(22,23)24/h1-9,16H,10,25H2,(H,27,30)/t16-/m1/s1. The first-order chi connectivity index (χ1) is 14.7. The first-order valence-electron chi connectivity index (χ1n) is 9.03. The third-order valence-corrected chi connectivity index (χ3v) is 5.10. The largest absolute Gasteiger partial charge is 0.416 e. The first kappa shape index (κ1) is 20.9. The number of fused-ring (bicyclic) bond motifs is 1. The molecular weight excluding hydrogens is 435 g/mol. The van der Waals surface area contributed by atoms with Crippen molar-refractivity contribution < 1.29 is 22.8 Å². The normalized spacial score (nSPS) is 16.2. The molecule has 0 saturated carbocycles. The van der Waals surface area contributed by atoms with Crippen LogP contribution in [0.2, 0.25) is 5.15 Å². The molecule has 2 aromatic heterocycles. The number of halogens is 4. The van der Waals surface area contributed by atoms with E-state index < -0.39 is 29.7 Å². The SMILES string of the molecule is N[C@H]1CN(c2ccc(C(F)(F)F)cc2)C(=O)c2c(C(=O)Nc3cccnc3)cc(Cl)n21. The predicted octanol–water partition coefficient (Wildman–Crippen LogP) is 3.93. The third kappa shape index (κ3) is 3.87. The predicted molar refractivity (Wildman–Crippen MR) is 108 cm³/mol. The van der Waals surface area contributed by atoms with E-state index in [1.54, 1.807) is 12.1 Å². The lowest BCUT2D eigenvalue weighted by Crippen LogP contribution is -2.46. The average molecular weight is 450 g/mol. The summed E-state index contributed by atoms with van der Waals surface area (Å²) < 4.78 is 39.9. The molecule has 0 fully saturated rings. The number of nitrogens with one attached hydrogen (secondary N) is 1. The molecule has 31 heavy (non-hydrogen) atoms. The molecule has 1 atom stereocenters. The molecule has 3 N–H and O–H groups in total. The van der Waals surface area contributed by atoms with Crippen LogP contribution in [0.1, 0.15) is 32.6 Å². The quantitative estimate of drug-likeness (QED) is 0.633. The van der Waals surface area contributed by atoms with Crippen LogP contribution in [0.3, 0.4) is 0 Å². The topological polar surface area (TPSA) is 93.2 Å². The van der Waals surface area contributed by atoms with E-state index in [0.717, 1.165) is 12.1 Å². The highest BCUT2D eigenvalue weighted by atomic mass is 35.5. The highest BCUT2D eigenvalue weighted by molar-refractivity contribution is 6.31. The lowest BCUT2D eigenvalue weighted by Gasteiger charge is -2.33. The fourth-order valence-electron chi connectivity index (χ4n) is 3.38. The second kappa shape index (κ2) is 7.71. The van der Waals surface area contributed by atoms with E-state index in [2.05, 4.69) is 10.3 Å². The van der Waals surface area contributed by atoms with E-state index in [0.29, 0.717) is 5.69 Å². The molecule has 3 heterocycles. The van der Waals surface area contributed by atoms with Crippen molar-refractivity contribution in [3.63, 3.8) is 0 Å². The zero-order valence-corrected chi connectivity index (χ0v) is 16.5. The highest BCUT2D eigenvalue weighted by Gasteiger charge is 2.37. The third-order valence-electron chi connectivity index (χ3n) is 4.81. The summed E-state index contributed by atoms with van der Waals surface area (Å²) in [6.45, 7) is -0.0325. The van der Waals surface area contributed by atoms with Gasteiger partial charge in [-0.3, -0.25) is 14.6 Å². The summed E-state index contributed by atoms with van der Waals surface area (Å²) in [5.74, 6) is -1.21. The molecule has 3 aromatic rings. The van der Waals surface area contributed by atoms with Gasteiger partial charge in [0, 0.05) is 11.9 Å². The Bertz CT molecular complexity index is 1150. The van der Waals surface area contributed by atoms with Crippen LogP contribution in [-0.2, 0) is 6.18 Å². The summed E-state index contributed by atoms with van der Waals surface area (Å²) in [6.07, 6.45) is -2.33. The monoisotopic (exact) mass is 449 g/mol. The number of hydrogen-bond donors (Lipinski definition) is 2. The maximum Gasteiger partial charge on any atom is 0.416 e. The van der Waals surface area contributed by atoms with Crippen molar-refractivity contribution in [2.45, 2.75) is 12.3 Å². The molecule has 0 aliphatic carbocycles. The van der Waals surface area contributed by atoms with Gasteiger partial charge in [-0.15, -0.1) is 0 Å². The molecule has 0 radical (unpaired) electrons. The summed E-state index contributed by atoms with van der Waals surface area (Å²) in [7, 11) is 0. The molecule has 1 aromatic carbocycles. The fourth-order valence-corrected chi connectivity index (χ4v) is 3.70. The van der Waals surface area contributed by atoms with Crippen LogP contribution in [0.25, 0.3) is 0 Å². The molecular formula is C20H15ClF3N5O2. The van der Waals surface area contributed by atoms with Crippen molar-refractivity contribution in [1.82, 2.24) is 9.55 Å². The Morgan fingerprint density at radius 1 is 1.23 bits per heavy atom. The minimum absolute atomic E-state index is 0.00841. The smallest absolute Gasteiger partial charge is 0.321 e. The number of carbonyl (C=O) groups excluding carboxylic acids is 2. The van der Waals surface area contributed by atoms with Gasteiger partial charge in [0.1, 0.15) is 17.0 Å². The Hall–Kier alpha value is -3.37. The van der Waals surface area contributed by atoms with Gasteiger partial charge in [-0.1, -0.05) is 11.6 Å². The summed E-state index contributed by atoms with van der Waals surface area (Å²) in [6, 6.07) is 8.71. The van der Waals surface area contributed by atoms with Crippen molar-refractivity contribution in [2.75, 3.05) is 16.8 Å². The number of rotatable bonds is 3. The number of pyridine rings is 1. The molecule has 4 rings (SSSR count). The van der Waals surface area contributed by atoms with E-state index >= 15 is 0 Å². The number of nitrogens with zero attached hydrogens (tertiary/aromatic N) is 3. The lowest BCUT2D eigenvalue weighted by atomic mass is 10.1. The van der Waals surface area contributed by atoms with Crippen LogP contribution < -0.4 is 16.0 Å². The van der Waals surface area contributed by atoms with Crippen LogP contribution in [-0.4, -0.2) is 27.9 Å². The van der Waals surface area contributed by atoms with Crippen LogP contribution in [0.5, 0.6) is 0 Å². The Labute approximate surface area is 179 Å². The second-order valence-electron chi connectivity index (χ2n) is 6.82. The number of benzene rings is 1. The fraction of sp³-hybridized carbons (Fsp3) is 0.150. The van der Waals surface area contributed by atoms with Gasteiger partial charge in [-0.2, -0.15) is 13.2 Å². The molecule has 11 heteroatoms. The highest BCUT2D eigenvalue weighted by Crippen LogP contribution is 2.34. The zero-order valence-electron chi connectivity index (χ0n) is 15.7. The Kier molecular flexibility index (Phi) is 5.19. The molecule has 160 valence electrons. The Morgan fingerprint density at radius 2 is 1.94 bits per heavy atom. The van der Waals surface area contributed by atoms with Crippen LogP contribution in [0.4, 0.5) is 24.5 Å². The number of alkyl halides is 3. The number of amides is 2. The van der Waals surface area contributed by atoms with E-state index in [-0.39, 0.29) is 28.6 Å². The number of carbonyl (C=O) groups is 2. The Morgan fingerprint density at radius 3 is 2.55 bits per heavy atom. The van der Waals surface area contributed by atoms with Gasteiger partial charge < -0.3 is 20.5 Å². The number of hydrogen-bond acceptors (Lipinski definition) is 4. The number of aromatic nitrogens is 2. The van der Waals surface area contributed by atoms with Crippen LogP contribution >= 0.6 is 11.6 Å². The van der Waals surface area contributed by atoms with E-state index in [4.69, 9.17) is 17.3 Å². The summed E-state index contributed by atoms with van der Waals surface area (Å²) in [4.78, 5) is 31.1. The van der Waals surface area contributed by atoms with Crippen molar-refractivity contribution in [2.24, 2.45) is 5.73 Å². The Balaban J connectivity index is 1.69. The average Bonchev–Trinajstić information content (AvgIpc) is 3.09. The lowest BCUT2D eigenvalue weighted by molar-refractivity contribution is -0.137. The number of nitrogens with two attached hydrogens (primary N) is 1. The molecule has 0 saturated heterocycles. The van der Waals surface area contributed by atoms with Gasteiger partial charge in [0.2, 0.25) is 0 Å². The molecule has 2 amide bonds. The minimum atomic E-state index is -4.50. The first-order valence-corrected chi connectivity index (χ1v) is 9.41. The maximum absolute atomic E-state index is 13.2. The molecule has 1 aliphatic heterocycles. The molecule has 0 unspecified atom stereocenters. The molecule has 0 spiro atoms. The van der Waals surface area contributed by atoms with Crippen molar-refractivity contribution in [1.29, 1.82) is 0 Å². The summed E-state index contributed by atoms with van der Waals surface area (Å²) in [5.41, 5.74) is 5.90. The van der Waals surface area contributed by atoms with E-state index in [9.17, 15) is 22.8 Å². The summed E-state index contributed by atoms with van der Waals surface area (Å²) in [5, 5.41) is 2.72. The van der Waals surface area contributed by atoms with Gasteiger partial charge in [-0.05, 0) is 42.5 Å². The van der Waals surface area contributed by atoms with E-state index in [1.165, 1.54) is 40.1 Å². The maximum atomic E-state index is 13.2. The van der Waals surface area contributed by atoms with Crippen LogP contribution in [0.15, 0.2) is 54.9 Å². The number of anilines is 2.